The van der Waals surface area contributed by atoms with Crippen LogP contribution in [0, 0.1) is 0 Å². The third kappa shape index (κ3) is 4.50. The molecule has 3 N–H and O–H groups in total. The predicted molar refractivity (Wildman–Crippen MR) is 77.2 cm³/mol. The number of nitrogens with one attached hydrogen (secondary N) is 1. The van der Waals surface area contributed by atoms with Crippen molar-refractivity contribution in [2.45, 2.75) is 24.3 Å². The highest BCUT2D eigenvalue weighted by atomic mass is 35.5. The number of hydrogen-bond donors (Lipinski definition) is 2. The van der Waals surface area contributed by atoms with E-state index in [1.165, 1.54) is 12.1 Å². The second kappa shape index (κ2) is 6.76. The van der Waals surface area contributed by atoms with E-state index in [2.05, 4.69) is 4.72 Å². The molecule has 0 aliphatic carbocycles. The zero-order valence-electron chi connectivity index (χ0n) is 10.6. The summed E-state index contributed by atoms with van der Waals surface area (Å²) in [7, 11) is -2.13. The minimum Gasteiger partial charge on any atom is -0.396 e. The van der Waals surface area contributed by atoms with Gasteiger partial charge in [-0.05, 0) is 25.5 Å². The number of benzene rings is 1. The normalized spacial score (nSPS) is 13.5. The molecule has 8 heteroatoms. The Morgan fingerprint density at radius 2 is 1.89 bits per heavy atom. The molecule has 1 rings (SSSR count). The highest BCUT2D eigenvalue weighted by Gasteiger charge is 2.19. The molecule has 0 aliphatic heterocycles. The van der Waals surface area contributed by atoms with Crippen LogP contribution in [0.2, 0.25) is 10.0 Å². The Bertz CT molecular complexity index is 526. The highest BCUT2D eigenvalue weighted by molar-refractivity contribution is 7.89. The van der Waals surface area contributed by atoms with Crippen LogP contribution in [0.25, 0.3) is 0 Å². The summed E-state index contributed by atoms with van der Waals surface area (Å²) in [6, 6.07) is 2.28. The first-order chi connectivity index (χ1) is 8.77. The Morgan fingerprint density at radius 3 is 2.37 bits per heavy atom. The van der Waals surface area contributed by atoms with Gasteiger partial charge in [0, 0.05) is 19.8 Å². The lowest BCUT2D eigenvalue weighted by atomic mass is 10.3. The van der Waals surface area contributed by atoms with Gasteiger partial charge in [-0.2, -0.15) is 0 Å². The summed E-state index contributed by atoms with van der Waals surface area (Å²) < 4.78 is 31.6. The molecule has 1 aromatic carbocycles. The molecule has 0 amide bonds. The van der Waals surface area contributed by atoms with Crippen molar-refractivity contribution in [3.8, 4) is 0 Å². The van der Waals surface area contributed by atoms with Crippen molar-refractivity contribution in [3.63, 3.8) is 0 Å². The Morgan fingerprint density at radius 1 is 1.37 bits per heavy atom. The van der Waals surface area contributed by atoms with Gasteiger partial charge in [0.2, 0.25) is 10.0 Å². The molecule has 0 aromatic heterocycles. The molecular formula is C11H16Cl2N2O3S. The maximum Gasteiger partial charge on any atom is 0.240 e. The van der Waals surface area contributed by atoms with Crippen LogP contribution in [0.5, 0.6) is 0 Å². The summed E-state index contributed by atoms with van der Waals surface area (Å²) in [5.41, 5.74) is 5.73. The summed E-state index contributed by atoms with van der Waals surface area (Å²) in [4.78, 5) is -0.0130. The second-order valence-electron chi connectivity index (χ2n) is 4.10. The molecule has 1 aromatic rings. The lowest BCUT2D eigenvalue weighted by Crippen LogP contribution is -2.33. The van der Waals surface area contributed by atoms with E-state index in [0.717, 1.165) is 0 Å². The third-order valence-corrected chi connectivity index (χ3v) is 4.67. The average Bonchev–Trinajstić information content (AvgIpc) is 2.32. The molecule has 0 unspecified atom stereocenters. The van der Waals surface area contributed by atoms with Crippen molar-refractivity contribution < 1.29 is 13.2 Å². The zero-order valence-corrected chi connectivity index (χ0v) is 12.9. The van der Waals surface area contributed by atoms with Gasteiger partial charge < -0.3 is 10.5 Å². The van der Waals surface area contributed by atoms with Crippen LogP contribution in [0.4, 0.5) is 5.69 Å². The van der Waals surface area contributed by atoms with Crippen molar-refractivity contribution >= 4 is 38.9 Å². The Kier molecular flexibility index (Phi) is 5.88. The van der Waals surface area contributed by atoms with Crippen molar-refractivity contribution in [3.05, 3.63) is 22.2 Å². The van der Waals surface area contributed by atoms with E-state index < -0.39 is 10.0 Å². The first-order valence-corrected chi connectivity index (χ1v) is 7.77. The standard InChI is InChI=1S/C11H16Cl2N2O3S/c1-7(3-4-18-2)15-19(16,17)8-5-9(12)11(14)10(13)6-8/h5-7,15H,3-4,14H2,1-2H3/t7-/m0/s1. The van der Waals surface area contributed by atoms with Gasteiger partial charge in [0.25, 0.3) is 0 Å². The number of anilines is 1. The number of rotatable bonds is 6. The molecule has 0 bridgehead atoms. The number of nitrogen functional groups attached to an aromatic ring is 1. The predicted octanol–water partition coefficient (Wildman–Crippen LogP) is 2.28. The molecule has 0 fully saturated rings. The van der Waals surface area contributed by atoms with Crippen LogP contribution in [0.15, 0.2) is 17.0 Å². The Hall–Kier alpha value is -0.530. The topological polar surface area (TPSA) is 81.4 Å². The van der Waals surface area contributed by atoms with Gasteiger partial charge in [-0.25, -0.2) is 13.1 Å². The van der Waals surface area contributed by atoms with Gasteiger partial charge in [0.1, 0.15) is 0 Å². The van der Waals surface area contributed by atoms with E-state index in [-0.39, 0.29) is 26.7 Å². The largest absolute Gasteiger partial charge is 0.396 e. The van der Waals surface area contributed by atoms with Gasteiger partial charge in [-0.3, -0.25) is 0 Å². The van der Waals surface area contributed by atoms with Crippen molar-refractivity contribution in [1.29, 1.82) is 0 Å². The van der Waals surface area contributed by atoms with Crippen LogP contribution >= 0.6 is 23.2 Å². The SMILES string of the molecule is COCC[C@H](C)NS(=O)(=O)c1cc(Cl)c(N)c(Cl)c1. The van der Waals surface area contributed by atoms with Gasteiger partial charge in [0.15, 0.2) is 0 Å². The molecule has 0 saturated carbocycles. The number of hydrogen-bond acceptors (Lipinski definition) is 4. The van der Waals surface area contributed by atoms with Gasteiger partial charge in [-0.1, -0.05) is 23.2 Å². The van der Waals surface area contributed by atoms with Gasteiger partial charge in [-0.15, -0.1) is 0 Å². The number of ether oxygens (including phenoxy) is 1. The number of methoxy groups -OCH3 is 1. The fraction of sp³-hybridized carbons (Fsp3) is 0.455. The van der Waals surface area contributed by atoms with Crippen LogP contribution in [0.1, 0.15) is 13.3 Å². The van der Waals surface area contributed by atoms with Crippen molar-refractivity contribution in [1.82, 2.24) is 4.72 Å². The molecule has 0 spiro atoms. The van der Waals surface area contributed by atoms with Crippen LogP contribution < -0.4 is 10.5 Å². The first kappa shape index (κ1) is 16.5. The second-order valence-corrected chi connectivity index (χ2v) is 6.63. The van der Waals surface area contributed by atoms with E-state index >= 15 is 0 Å². The molecule has 0 heterocycles. The maximum absolute atomic E-state index is 12.1. The van der Waals surface area contributed by atoms with E-state index in [1.807, 2.05) is 0 Å². The van der Waals surface area contributed by atoms with E-state index in [9.17, 15) is 8.42 Å². The Labute approximate surface area is 123 Å². The summed E-state index contributed by atoms with van der Waals surface area (Å²) in [5, 5.41) is 0.217. The van der Waals surface area contributed by atoms with Gasteiger partial charge in [0.05, 0.1) is 20.6 Å². The van der Waals surface area contributed by atoms with Crippen molar-refractivity contribution in [2.75, 3.05) is 19.5 Å². The lowest BCUT2D eigenvalue weighted by molar-refractivity contribution is 0.188. The van der Waals surface area contributed by atoms with Crippen molar-refractivity contribution in [2.24, 2.45) is 0 Å². The minimum absolute atomic E-state index is 0.0130. The number of halogens is 2. The molecule has 0 saturated heterocycles. The monoisotopic (exact) mass is 326 g/mol. The smallest absolute Gasteiger partial charge is 0.240 e. The number of nitrogens with two attached hydrogens (primary N) is 1. The first-order valence-electron chi connectivity index (χ1n) is 5.53. The summed E-state index contributed by atoms with van der Waals surface area (Å²) in [6.45, 7) is 2.21. The highest BCUT2D eigenvalue weighted by Crippen LogP contribution is 2.30. The number of sulfonamides is 1. The summed E-state index contributed by atoms with van der Waals surface area (Å²) >= 11 is 11.6. The fourth-order valence-corrected chi connectivity index (χ4v) is 3.35. The molecular weight excluding hydrogens is 311 g/mol. The summed E-state index contributed by atoms with van der Waals surface area (Å²) in [5.74, 6) is 0. The average molecular weight is 327 g/mol. The zero-order chi connectivity index (χ0) is 14.6. The molecule has 1 atom stereocenters. The molecule has 108 valence electrons. The molecule has 19 heavy (non-hydrogen) atoms. The quantitative estimate of drug-likeness (QED) is 0.786. The van der Waals surface area contributed by atoms with Gasteiger partial charge >= 0.3 is 0 Å². The third-order valence-electron chi connectivity index (χ3n) is 2.47. The molecule has 0 aliphatic rings. The van der Waals surface area contributed by atoms with E-state index in [0.29, 0.717) is 13.0 Å². The molecule has 5 nitrogen and oxygen atoms in total. The molecule has 0 radical (unpaired) electrons. The van der Waals surface area contributed by atoms with Crippen LogP contribution in [-0.2, 0) is 14.8 Å². The van der Waals surface area contributed by atoms with E-state index in [4.69, 9.17) is 33.7 Å². The summed E-state index contributed by atoms with van der Waals surface area (Å²) in [6.07, 6.45) is 0.562. The fourth-order valence-electron chi connectivity index (χ4n) is 1.40. The lowest BCUT2D eigenvalue weighted by Gasteiger charge is -2.14. The van der Waals surface area contributed by atoms with E-state index in [1.54, 1.807) is 14.0 Å². The van der Waals surface area contributed by atoms with Crippen LogP contribution in [0.3, 0.4) is 0 Å². The van der Waals surface area contributed by atoms with Crippen LogP contribution in [-0.4, -0.2) is 28.2 Å². The minimum atomic E-state index is -3.68. The maximum atomic E-state index is 12.1. The Balaban J connectivity index is 2.95.